The number of halogens is 1. The predicted molar refractivity (Wildman–Crippen MR) is 79.4 cm³/mol. The lowest BCUT2D eigenvalue weighted by atomic mass is 9.99. The van der Waals surface area contributed by atoms with Crippen LogP contribution in [0.1, 0.15) is 35.7 Å². The third kappa shape index (κ3) is 3.57. The molecule has 0 spiro atoms. The Balaban J connectivity index is 1.92. The van der Waals surface area contributed by atoms with Gasteiger partial charge in [0, 0.05) is 29.1 Å². The van der Waals surface area contributed by atoms with Crippen molar-refractivity contribution in [3.63, 3.8) is 0 Å². The number of benzene rings is 1. The average molecular weight is 326 g/mol. The van der Waals surface area contributed by atoms with Crippen molar-refractivity contribution in [2.24, 2.45) is 5.92 Å². The van der Waals surface area contributed by atoms with Crippen LogP contribution in [-0.4, -0.2) is 25.2 Å². The van der Waals surface area contributed by atoms with Crippen molar-refractivity contribution < 1.29 is 9.53 Å². The Morgan fingerprint density at radius 1 is 1.53 bits per heavy atom. The minimum atomic E-state index is -0.00245. The number of ether oxygens (including phenoxy) is 1. The van der Waals surface area contributed by atoms with E-state index in [1.54, 1.807) is 0 Å². The fourth-order valence-electron chi connectivity index (χ4n) is 2.49. The van der Waals surface area contributed by atoms with Crippen LogP contribution in [0.5, 0.6) is 0 Å². The summed E-state index contributed by atoms with van der Waals surface area (Å²) in [6.07, 6.45) is 2.35. The second kappa shape index (κ2) is 6.53. The van der Waals surface area contributed by atoms with Crippen LogP contribution in [0.25, 0.3) is 0 Å². The van der Waals surface area contributed by atoms with Gasteiger partial charge in [0.1, 0.15) is 0 Å². The first-order chi connectivity index (χ1) is 9.11. The van der Waals surface area contributed by atoms with Crippen molar-refractivity contribution >= 4 is 21.8 Å². The van der Waals surface area contributed by atoms with Gasteiger partial charge in [0.2, 0.25) is 0 Å². The van der Waals surface area contributed by atoms with Gasteiger partial charge in [-0.15, -0.1) is 0 Å². The molecule has 2 atom stereocenters. The van der Waals surface area contributed by atoms with Crippen molar-refractivity contribution in [2.75, 3.05) is 13.2 Å². The van der Waals surface area contributed by atoms with E-state index in [-0.39, 0.29) is 5.91 Å². The van der Waals surface area contributed by atoms with Crippen LogP contribution in [-0.2, 0) is 4.74 Å². The lowest BCUT2D eigenvalue weighted by Gasteiger charge is -2.17. The van der Waals surface area contributed by atoms with Gasteiger partial charge in [0.25, 0.3) is 5.91 Å². The van der Waals surface area contributed by atoms with E-state index in [2.05, 4.69) is 28.2 Å². The SMILES string of the molecule is CCC1OCCC1CNC(=O)c1ccc(Br)c(C)c1. The smallest absolute Gasteiger partial charge is 0.251 e. The Labute approximate surface area is 122 Å². The summed E-state index contributed by atoms with van der Waals surface area (Å²) in [4.78, 5) is 12.1. The fraction of sp³-hybridized carbons (Fsp3) is 0.533. The Hall–Kier alpha value is -0.870. The van der Waals surface area contributed by atoms with E-state index in [0.29, 0.717) is 24.1 Å². The van der Waals surface area contributed by atoms with Crippen LogP contribution in [0.15, 0.2) is 22.7 Å². The highest BCUT2D eigenvalue weighted by atomic mass is 79.9. The molecule has 2 rings (SSSR count). The number of hydrogen-bond donors (Lipinski definition) is 1. The lowest BCUT2D eigenvalue weighted by molar-refractivity contribution is 0.0827. The van der Waals surface area contributed by atoms with E-state index < -0.39 is 0 Å². The van der Waals surface area contributed by atoms with Gasteiger partial charge in [-0.25, -0.2) is 0 Å². The Kier molecular flexibility index (Phi) is 4.99. The first-order valence-corrected chi connectivity index (χ1v) is 7.57. The summed E-state index contributed by atoms with van der Waals surface area (Å²) in [5.74, 6) is 0.447. The molecule has 1 saturated heterocycles. The summed E-state index contributed by atoms with van der Waals surface area (Å²) in [5, 5.41) is 3.02. The van der Waals surface area contributed by atoms with Gasteiger partial charge < -0.3 is 10.1 Å². The first-order valence-electron chi connectivity index (χ1n) is 6.77. The molecule has 1 aromatic carbocycles. The zero-order valence-electron chi connectivity index (χ0n) is 11.4. The maximum absolute atomic E-state index is 12.1. The minimum Gasteiger partial charge on any atom is -0.378 e. The van der Waals surface area contributed by atoms with Gasteiger partial charge in [-0.2, -0.15) is 0 Å². The number of hydrogen-bond acceptors (Lipinski definition) is 2. The van der Waals surface area contributed by atoms with E-state index in [1.807, 2.05) is 25.1 Å². The number of nitrogens with one attached hydrogen (secondary N) is 1. The number of rotatable bonds is 4. The van der Waals surface area contributed by atoms with Crippen molar-refractivity contribution in [3.05, 3.63) is 33.8 Å². The molecule has 0 aromatic heterocycles. The molecule has 0 radical (unpaired) electrons. The third-order valence-corrected chi connectivity index (χ3v) is 4.58. The molecule has 19 heavy (non-hydrogen) atoms. The Morgan fingerprint density at radius 2 is 2.32 bits per heavy atom. The van der Waals surface area contributed by atoms with E-state index in [1.165, 1.54) is 0 Å². The molecule has 1 fully saturated rings. The summed E-state index contributed by atoms with van der Waals surface area (Å²) >= 11 is 3.44. The molecular formula is C15H20BrNO2. The molecule has 1 N–H and O–H groups in total. The quantitative estimate of drug-likeness (QED) is 0.922. The number of amides is 1. The topological polar surface area (TPSA) is 38.3 Å². The van der Waals surface area contributed by atoms with E-state index >= 15 is 0 Å². The molecule has 104 valence electrons. The van der Waals surface area contributed by atoms with Crippen molar-refractivity contribution in [1.82, 2.24) is 5.32 Å². The highest BCUT2D eigenvalue weighted by molar-refractivity contribution is 9.10. The number of carbonyl (C=O) groups excluding carboxylic acids is 1. The van der Waals surface area contributed by atoms with Crippen LogP contribution < -0.4 is 5.32 Å². The second-order valence-corrected chi connectivity index (χ2v) is 5.89. The van der Waals surface area contributed by atoms with E-state index in [0.717, 1.165) is 29.5 Å². The number of aryl methyl sites for hydroxylation is 1. The van der Waals surface area contributed by atoms with Crippen LogP contribution in [0, 0.1) is 12.8 Å². The lowest BCUT2D eigenvalue weighted by Crippen LogP contribution is -2.32. The molecule has 0 saturated carbocycles. The molecule has 1 amide bonds. The van der Waals surface area contributed by atoms with E-state index in [9.17, 15) is 4.79 Å². The third-order valence-electron chi connectivity index (χ3n) is 3.69. The van der Waals surface area contributed by atoms with Crippen molar-refractivity contribution in [1.29, 1.82) is 0 Å². The normalized spacial score (nSPS) is 22.5. The molecular weight excluding hydrogens is 306 g/mol. The molecule has 3 nitrogen and oxygen atoms in total. The van der Waals surface area contributed by atoms with Gasteiger partial charge in [0.15, 0.2) is 0 Å². The zero-order valence-corrected chi connectivity index (χ0v) is 13.0. The average Bonchev–Trinajstić information content (AvgIpc) is 2.86. The number of carbonyl (C=O) groups is 1. The van der Waals surface area contributed by atoms with Gasteiger partial charge >= 0.3 is 0 Å². The van der Waals surface area contributed by atoms with Crippen molar-refractivity contribution in [3.8, 4) is 0 Å². The second-order valence-electron chi connectivity index (χ2n) is 5.04. The highest BCUT2D eigenvalue weighted by Crippen LogP contribution is 2.22. The molecule has 1 aliphatic rings. The molecule has 0 aliphatic carbocycles. The highest BCUT2D eigenvalue weighted by Gasteiger charge is 2.26. The van der Waals surface area contributed by atoms with Crippen molar-refractivity contribution in [2.45, 2.75) is 32.8 Å². The summed E-state index contributed by atoms with van der Waals surface area (Å²) in [5.41, 5.74) is 1.79. The molecule has 2 unspecified atom stereocenters. The van der Waals surface area contributed by atoms with Gasteiger partial charge in [0.05, 0.1) is 6.10 Å². The summed E-state index contributed by atoms with van der Waals surface area (Å²) in [6.45, 7) is 5.63. The van der Waals surface area contributed by atoms with Gasteiger partial charge in [-0.1, -0.05) is 22.9 Å². The molecule has 4 heteroatoms. The summed E-state index contributed by atoms with van der Waals surface area (Å²) in [6, 6.07) is 5.66. The Bertz CT molecular complexity index is 461. The van der Waals surface area contributed by atoms with Crippen LogP contribution >= 0.6 is 15.9 Å². The summed E-state index contributed by atoms with van der Waals surface area (Å²) < 4.78 is 6.66. The van der Waals surface area contributed by atoms with Crippen LogP contribution in [0.2, 0.25) is 0 Å². The van der Waals surface area contributed by atoms with E-state index in [4.69, 9.17) is 4.74 Å². The molecule has 1 heterocycles. The zero-order chi connectivity index (χ0) is 13.8. The maximum atomic E-state index is 12.1. The first kappa shape index (κ1) is 14.5. The largest absolute Gasteiger partial charge is 0.378 e. The predicted octanol–water partition coefficient (Wildman–Crippen LogP) is 3.30. The summed E-state index contributed by atoms with van der Waals surface area (Å²) in [7, 11) is 0. The molecule has 1 aromatic rings. The minimum absolute atomic E-state index is 0.00245. The van der Waals surface area contributed by atoms with Gasteiger partial charge in [-0.05, 0) is 43.5 Å². The monoisotopic (exact) mass is 325 g/mol. The fourth-order valence-corrected chi connectivity index (χ4v) is 2.74. The maximum Gasteiger partial charge on any atom is 0.251 e. The van der Waals surface area contributed by atoms with Crippen LogP contribution in [0.3, 0.4) is 0 Å². The standard InChI is InChI=1S/C15H20BrNO2/c1-3-14-12(6-7-19-14)9-17-15(18)11-4-5-13(16)10(2)8-11/h4-5,8,12,14H,3,6-7,9H2,1-2H3,(H,17,18). The molecule has 1 aliphatic heterocycles. The molecule has 0 bridgehead atoms. The Morgan fingerprint density at radius 3 is 3.00 bits per heavy atom. The van der Waals surface area contributed by atoms with Crippen LogP contribution in [0.4, 0.5) is 0 Å². The van der Waals surface area contributed by atoms with Gasteiger partial charge in [-0.3, -0.25) is 4.79 Å².